The van der Waals surface area contributed by atoms with E-state index in [2.05, 4.69) is 44.3 Å². The third-order valence-corrected chi connectivity index (χ3v) is 4.33. The van der Waals surface area contributed by atoms with Crippen molar-refractivity contribution in [2.24, 2.45) is 5.41 Å². The Morgan fingerprint density at radius 3 is 2.72 bits per heavy atom. The number of nitrogens with one attached hydrogen (secondary N) is 1. The molecule has 1 heterocycles. The van der Waals surface area contributed by atoms with Gasteiger partial charge in [0.15, 0.2) is 0 Å². The van der Waals surface area contributed by atoms with Gasteiger partial charge in [0.25, 0.3) is 0 Å². The van der Waals surface area contributed by atoms with E-state index >= 15 is 0 Å². The Balaban J connectivity index is 1.77. The normalized spacial score (nSPS) is 28.8. The molecule has 1 saturated carbocycles. The molecule has 1 fully saturated rings. The first-order valence-electron chi connectivity index (χ1n) is 7.02. The van der Waals surface area contributed by atoms with Crippen molar-refractivity contribution < 1.29 is 4.74 Å². The van der Waals surface area contributed by atoms with Crippen molar-refractivity contribution in [2.45, 2.75) is 52.1 Å². The second-order valence-corrected chi connectivity index (χ2v) is 6.89. The maximum atomic E-state index is 6.30. The first-order valence-corrected chi connectivity index (χ1v) is 7.02. The number of anilines is 1. The van der Waals surface area contributed by atoms with Crippen LogP contribution in [0.15, 0.2) is 18.2 Å². The van der Waals surface area contributed by atoms with Crippen LogP contribution in [0.2, 0.25) is 0 Å². The van der Waals surface area contributed by atoms with E-state index < -0.39 is 0 Å². The van der Waals surface area contributed by atoms with Gasteiger partial charge in [-0.05, 0) is 61.8 Å². The van der Waals surface area contributed by atoms with Crippen LogP contribution >= 0.6 is 0 Å². The Labute approximate surface area is 110 Å². The molecule has 1 aliphatic carbocycles. The Bertz CT molecular complexity index is 466. The van der Waals surface area contributed by atoms with E-state index in [0.29, 0.717) is 5.41 Å². The van der Waals surface area contributed by atoms with Gasteiger partial charge in [-0.25, -0.2) is 0 Å². The maximum absolute atomic E-state index is 6.30. The molecule has 1 N–H and O–H groups in total. The fourth-order valence-electron chi connectivity index (χ4n) is 3.51. The molecule has 0 saturated heterocycles. The van der Waals surface area contributed by atoms with Crippen LogP contribution in [0.5, 0.6) is 5.75 Å². The minimum Gasteiger partial charge on any atom is -0.488 e. The van der Waals surface area contributed by atoms with Crippen molar-refractivity contribution in [1.29, 1.82) is 0 Å². The zero-order valence-corrected chi connectivity index (χ0v) is 11.7. The number of hydrogen-bond acceptors (Lipinski definition) is 2. The van der Waals surface area contributed by atoms with E-state index in [9.17, 15) is 0 Å². The van der Waals surface area contributed by atoms with E-state index in [1.165, 1.54) is 17.7 Å². The van der Waals surface area contributed by atoms with E-state index in [1.807, 2.05) is 0 Å². The molecule has 1 aromatic carbocycles. The largest absolute Gasteiger partial charge is 0.488 e. The SMILES string of the molecule is CC1(C)CCC(C)(Oc2ccc3c(c2)CCN3)C1. The monoisotopic (exact) mass is 245 g/mol. The van der Waals surface area contributed by atoms with Crippen LogP contribution in [-0.2, 0) is 6.42 Å². The van der Waals surface area contributed by atoms with Gasteiger partial charge >= 0.3 is 0 Å². The van der Waals surface area contributed by atoms with Crippen molar-refractivity contribution in [3.63, 3.8) is 0 Å². The highest BCUT2D eigenvalue weighted by Crippen LogP contribution is 2.45. The molecule has 1 aromatic rings. The third kappa shape index (κ3) is 2.21. The molecule has 0 radical (unpaired) electrons. The van der Waals surface area contributed by atoms with Crippen molar-refractivity contribution in [2.75, 3.05) is 11.9 Å². The predicted octanol–water partition coefficient (Wildman–Crippen LogP) is 4.00. The van der Waals surface area contributed by atoms with Crippen molar-refractivity contribution >= 4 is 5.69 Å². The summed E-state index contributed by atoms with van der Waals surface area (Å²) in [5, 5.41) is 3.39. The van der Waals surface area contributed by atoms with Gasteiger partial charge in [-0.2, -0.15) is 0 Å². The molecule has 1 atom stereocenters. The number of fused-ring (bicyclic) bond motifs is 1. The summed E-state index contributed by atoms with van der Waals surface area (Å²) in [7, 11) is 0. The number of rotatable bonds is 2. The van der Waals surface area contributed by atoms with Gasteiger partial charge in [0.05, 0.1) is 0 Å². The number of benzene rings is 1. The summed E-state index contributed by atoms with van der Waals surface area (Å²) in [6, 6.07) is 6.47. The average Bonchev–Trinajstić information content (AvgIpc) is 2.82. The lowest BCUT2D eigenvalue weighted by molar-refractivity contribution is 0.0847. The topological polar surface area (TPSA) is 21.3 Å². The molecule has 98 valence electrons. The van der Waals surface area contributed by atoms with Crippen LogP contribution < -0.4 is 10.1 Å². The Morgan fingerprint density at radius 1 is 1.17 bits per heavy atom. The lowest BCUT2D eigenvalue weighted by Gasteiger charge is -2.28. The summed E-state index contributed by atoms with van der Waals surface area (Å²) in [6.07, 6.45) is 4.69. The highest BCUT2D eigenvalue weighted by atomic mass is 16.5. The van der Waals surface area contributed by atoms with Crippen molar-refractivity contribution in [1.82, 2.24) is 0 Å². The zero-order valence-electron chi connectivity index (χ0n) is 11.7. The predicted molar refractivity (Wildman–Crippen MR) is 75.3 cm³/mol. The Hall–Kier alpha value is -1.18. The van der Waals surface area contributed by atoms with Gasteiger partial charge in [-0.3, -0.25) is 0 Å². The van der Waals surface area contributed by atoms with Crippen LogP contribution in [0.1, 0.15) is 45.6 Å². The molecule has 2 aliphatic rings. The Kier molecular flexibility index (Phi) is 2.58. The summed E-state index contributed by atoms with van der Waals surface area (Å²) >= 11 is 0. The molecule has 1 unspecified atom stereocenters. The van der Waals surface area contributed by atoms with Gasteiger partial charge < -0.3 is 10.1 Å². The quantitative estimate of drug-likeness (QED) is 0.850. The fraction of sp³-hybridized carbons (Fsp3) is 0.625. The zero-order chi connectivity index (χ0) is 12.8. The molecule has 3 rings (SSSR count). The smallest absolute Gasteiger partial charge is 0.120 e. The van der Waals surface area contributed by atoms with Gasteiger partial charge in [0.1, 0.15) is 11.4 Å². The summed E-state index contributed by atoms with van der Waals surface area (Å²) in [6.45, 7) is 8.00. The van der Waals surface area contributed by atoms with Gasteiger partial charge in [-0.15, -0.1) is 0 Å². The first kappa shape index (κ1) is 11.9. The second kappa shape index (κ2) is 3.91. The van der Waals surface area contributed by atoms with Crippen LogP contribution in [-0.4, -0.2) is 12.1 Å². The first-order chi connectivity index (χ1) is 8.46. The molecule has 0 bridgehead atoms. The lowest BCUT2D eigenvalue weighted by Crippen LogP contribution is -2.30. The minimum atomic E-state index is 0.0176. The molecular weight excluding hydrogens is 222 g/mol. The molecule has 18 heavy (non-hydrogen) atoms. The molecule has 2 nitrogen and oxygen atoms in total. The molecule has 0 aromatic heterocycles. The van der Waals surface area contributed by atoms with E-state index in [-0.39, 0.29) is 5.60 Å². The summed E-state index contributed by atoms with van der Waals surface area (Å²) in [5.41, 5.74) is 3.11. The second-order valence-electron chi connectivity index (χ2n) is 6.89. The highest BCUT2D eigenvalue weighted by Gasteiger charge is 2.41. The fourth-order valence-corrected chi connectivity index (χ4v) is 3.51. The third-order valence-electron chi connectivity index (χ3n) is 4.33. The lowest BCUT2D eigenvalue weighted by atomic mass is 9.90. The maximum Gasteiger partial charge on any atom is 0.120 e. The molecule has 1 aliphatic heterocycles. The van der Waals surface area contributed by atoms with Crippen LogP contribution in [0.4, 0.5) is 5.69 Å². The summed E-state index contributed by atoms with van der Waals surface area (Å²) < 4.78 is 6.30. The molecule has 0 spiro atoms. The van der Waals surface area contributed by atoms with E-state index in [1.54, 1.807) is 0 Å². The van der Waals surface area contributed by atoms with Gasteiger partial charge in [-0.1, -0.05) is 13.8 Å². The standard InChI is InChI=1S/C16H23NO/c1-15(2)7-8-16(3,11-15)18-13-4-5-14-12(10-13)6-9-17-14/h4-5,10,17H,6-9,11H2,1-3H3. The molecule has 2 heteroatoms. The summed E-state index contributed by atoms with van der Waals surface area (Å²) in [5.74, 6) is 1.04. The molecule has 0 amide bonds. The highest BCUT2D eigenvalue weighted by molar-refractivity contribution is 5.57. The minimum absolute atomic E-state index is 0.0176. The van der Waals surface area contributed by atoms with E-state index in [4.69, 9.17) is 4.74 Å². The van der Waals surface area contributed by atoms with Gasteiger partial charge in [0, 0.05) is 12.2 Å². The number of ether oxygens (including phenoxy) is 1. The summed E-state index contributed by atoms with van der Waals surface area (Å²) in [4.78, 5) is 0. The van der Waals surface area contributed by atoms with Gasteiger partial charge in [0.2, 0.25) is 0 Å². The van der Waals surface area contributed by atoms with Crippen molar-refractivity contribution in [3.05, 3.63) is 23.8 Å². The average molecular weight is 245 g/mol. The number of hydrogen-bond donors (Lipinski definition) is 1. The van der Waals surface area contributed by atoms with Crippen LogP contribution in [0.25, 0.3) is 0 Å². The Morgan fingerprint density at radius 2 is 2.00 bits per heavy atom. The van der Waals surface area contributed by atoms with Crippen molar-refractivity contribution in [3.8, 4) is 5.75 Å². The van der Waals surface area contributed by atoms with Crippen LogP contribution in [0, 0.1) is 5.41 Å². The van der Waals surface area contributed by atoms with Crippen LogP contribution in [0.3, 0.4) is 0 Å². The molecular formula is C16H23NO. The van der Waals surface area contributed by atoms with E-state index in [0.717, 1.165) is 31.6 Å².